The van der Waals surface area contributed by atoms with E-state index in [0.717, 1.165) is 16.1 Å². The lowest BCUT2D eigenvalue weighted by Crippen LogP contribution is -2.46. The first-order valence-electron chi connectivity index (χ1n) is 7.84. The number of aliphatic hydroxyl groups is 1. The quantitative estimate of drug-likeness (QED) is 0.657. The zero-order valence-electron chi connectivity index (χ0n) is 14.7. The van der Waals surface area contributed by atoms with Gasteiger partial charge in [0, 0.05) is 7.05 Å². The van der Waals surface area contributed by atoms with E-state index in [1.54, 1.807) is 52.1 Å². The number of hydrogen-bond donors (Lipinski definition) is 1. The van der Waals surface area contributed by atoms with E-state index in [4.69, 9.17) is 21.4 Å². The van der Waals surface area contributed by atoms with Crippen molar-refractivity contribution in [2.75, 3.05) is 13.6 Å². The lowest BCUT2D eigenvalue weighted by Gasteiger charge is -2.29. The molecule has 1 aromatic rings. The van der Waals surface area contributed by atoms with E-state index >= 15 is 0 Å². The summed E-state index contributed by atoms with van der Waals surface area (Å²) in [5.41, 5.74) is 1.39. The molecule has 136 valence electrons. The third-order valence-corrected chi connectivity index (χ3v) is 3.87. The molecule has 1 atom stereocenters. The van der Waals surface area contributed by atoms with Gasteiger partial charge in [-0.2, -0.15) is 5.10 Å². The highest BCUT2D eigenvalue weighted by Gasteiger charge is 2.36. The molecular formula is C17H22ClN3O4. The van der Waals surface area contributed by atoms with Crippen LogP contribution in [0.15, 0.2) is 29.4 Å². The standard InChI is InChI=1S/C17H22ClN3O4/c1-17(2,3)25-16(24)20(4)13-9-21(15(18)23)19-14(13)12-7-5-11(10-22)6-8-12/h5-8,13,22H,9-10H2,1-4H3. The minimum atomic E-state index is -0.718. The number of carbonyl (C=O) groups excluding carboxylic acids is 2. The van der Waals surface area contributed by atoms with Gasteiger partial charge in [0.05, 0.1) is 24.9 Å². The van der Waals surface area contributed by atoms with Gasteiger partial charge in [0.1, 0.15) is 5.60 Å². The largest absolute Gasteiger partial charge is 0.444 e. The topological polar surface area (TPSA) is 82.4 Å². The molecule has 1 aliphatic heterocycles. The molecule has 1 N–H and O–H groups in total. The Morgan fingerprint density at radius 2 is 1.96 bits per heavy atom. The van der Waals surface area contributed by atoms with Crippen LogP contribution in [0.1, 0.15) is 31.9 Å². The van der Waals surface area contributed by atoms with Crippen LogP contribution < -0.4 is 0 Å². The van der Waals surface area contributed by atoms with Crippen LogP contribution in [0.2, 0.25) is 0 Å². The van der Waals surface area contributed by atoms with Gasteiger partial charge in [-0.3, -0.25) is 4.79 Å². The second-order valence-electron chi connectivity index (χ2n) is 6.78. The third kappa shape index (κ3) is 4.70. The number of carbonyl (C=O) groups is 2. The fourth-order valence-electron chi connectivity index (χ4n) is 2.40. The summed E-state index contributed by atoms with van der Waals surface area (Å²) in [5, 5.41) is 13.8. The van der Waals surface area contributed by atoms with Crippen LogP contribution in [0.4, 0.5) is 9.59 Å². The minimum absolute atomic E-state index is 0.0692. The second kappa shape index (κ2) is 7.41. The Labute approximate surface area is 151 Å². The lowest BCUT2D eigenvalue weighted by atomic mass is 10.0. The Hall–Kier alpha value is -2.12. The van der Waals surface area contributed by atoms with E-state index in [1.165, 1.54) is 4.90 Å². The molecule has 0 aliphatic carbocycles. The number of hydrazone groups is 1. The number of likely N-dealkylation sites (N-methyl/N-ethyl adjacent to an activating group) is 1. The van der Waals surface area contributed by atoms with Crippen molar-refractivity contribution in [3.8, 4) is 0 Å². The maximum absolute atomic E-state index is 12.4. The molecule has 2 rings (SSSR count). The number of amides is 2. The summed E-state index contributed by atoms with van der Waals surface area (Å²) in [6, 6.07) is 6.59. The van der Waals surface area contributed by atoms with Gasteiger partial charge in [0.2, 0.25) is 0 Å². The van der Waals surface area contributed by atoms with Crippen molar-refractivity contribution in [1.82, 2.24) is 9.91 Å². The first-order chi connectivity index (χ1) is 11.6. The smallest absolute Gasteiger partial charge is 0.410 e. The summed E-state index contributed by atoms with van der Waals surface area (Å²) in [4.78, 5) is 25.3. The van der Waals surface area contributed by atoms with Crippen molar-refractivity contribution in [2.45, 2.75) is 39.0 Å². The molecule has 1 aliphatic rings. The monoisotopic (exact) mass is 367 g/mol. The Bertz CT molecular complexity index is 682. The molecule has 2 amide bonds. The van der Waals surface area contributed by atoms with Crippen LogP contribution in [0.5, 0.6) is 0 Å². The average Bonchev–Trinajstić information content (AvgIpc) is 2.98. The molecule has 1 heterocycles. The molecule has 0 saturated heterocycles. The fraction of sp³-hybridized carbons (Fsp3) is 0.471. The van der Waals surface area contributed by atoms with Gasteiger partial charge in [-0.25, -0.2) is 9.80 Å². The lowest BCUT2D eigenvalue weighted by molar-refractivity contribution is 0.0263. The zero-order valence-corrected chi connectivity index (χ0v) is 15.4. The number of aliphatic hydroxyl groups excluding tert-OH is 1. The highest BCUT2D eigenvalue weighted by atomic mass is 35.5. The Morgan fingerprint density at radius 3 is 2.44 bits per heavy atom. The molecular weight excluding hydrogens is 346 g/mol. The highest BCUT2D eigenvalue weighted by molar-refractivity contribution is 6.62. The van der Waals surface area contributed by atoms with Gasteiger partial charge < -0.3 is 14.7 Å². The van der Waals surface area contributed by atoms with Crippen molar-refractivity contribution in [3.63, 3.8) is 0 Å². The summed E-state index contributed by atoms with van der Waals surface area (Å²) >= 11 is 5.55. The summed E-state index contributed by atoms with van der Waals surface area (Å²) in [6.45, 7) is 5.43. The van der Waals surface area contributed by atoms with Crippen LogP contribution in [0.25, 0.3) is 0 Å². The van der Waals surface area contributed by atoms with E-state index in [0.29, 0.717) is 5.71 Å². The zero-order chi connectivity index (χ0) is 18.8. The summed E-state index contributed by atoms with van der Waals surface area (Å²) in [5.74, 6) is 0. The van der Waals surface area contributed by atoms with Crippen LogP contribution >= 0.6 is 11.6 Å². The summed E-state index contributed by atoms with van der Waals surface area (Å²) in [6.07, 6.45) is -0.513. The summed E-state index contributed by atoms with van der Waals surface area (Å²) in [7, 11) is 1.60. The number of halogens is 1. The summed E-state index contributed by atoms with van der Waals surface area (Å²) < 4.78 is 5.39. The molecule has 7 nitrogen and oxygen atoms in total. The Kier molecular flexibility index (Phi) is 5.69. The molecule has 0 aromatic heterocycles. The van der Waals surface area contributed by atoms with Crippen molar-refractivity contribution in [2.24, 2.45) is 5.10 Å². The predicted molar refractivity (Wildman–Crippen MR) is 94.6 cm³/mol. The number of benzene rings is 1. The number of nitrogens with zero attached hydrogens (tertiary/aromatic N) is 3. The van der Waals surface area contributed by atoms with E-state index in [2.05, 4.69) is 5.10 Å². The Morgan fingerprint density at radius 1 is 1.36 bits per heavy atom. The fourth-order valence-corrected chi connectivity index (χ4v) is 2.50. The van der Waals surface area contributed by atoms with Crippen molar-refractivity contribution in [3.05, 3.63) is 35.4 Å². The molecule has 0 fully saturated rings. The number of ether oxygens (including phenoxy) is 1. The molecule has 1 unspecified atom stereocenters. The predicted octanol–water partition coefficient (Wildman–Crippen LogP) is 2.79. The average molecular weight is 368 g/mol. The maximum Gasteiger partial charge on any atom is 0.410 e. The van der Waals surface area contributed by atoms with Gasteiger partial charge >= 0.3 is 11.5 Å². The minimum Gasteiger partial charge on any atom is -0.444 e. The van der Waals surface area contributed by atoms with Crippen molar-refractivity contribution in [1.29, 1.82) is 0 Å². The molecule has 0 spiro atoms. The SMILES string of the molecule is CN(C(=O)OC(C)(C)C)C1CN(C(=O)Cl)N=C1c1ccc(CO)cc1. The number of hydrogen-bond acceptors (Lipinski definition) is 5. The van der Waals surface area contributed by atoms with Crippen LogP contribution in [0.3, 0.4) is 0 Å². The third-order valence-electron chi connectivity index (χ3n) is 3.67. The van der Waals surface area contributed by atoms with E-state index in [1.807, 2.05) is 0 Å². The first kappa shape index (κ1) is 19.2. The van der Waals surface area contributed by atoms with Crippen molar-refractivity contribution < 1.29 is 19.4 Å². The van der Waals surface area contributed by atoms with Crippen LogP contribution in [0, 0.1) is 0 Å². The van der Waals surface area contributed by atoms with Gasteiger partial charge in [-0.05, 0) is 43.5 Å². The van der Waals surface area contributed by atoms with E-state index in [-0.39, 0.29) is 13.2 Å². The van der Waals surface area contributed by atoms with Crippen LogP contribution in [-0.4, -0.2) is 57.4 Å². The second-order valence-corrected chi connectivity index (χ2v) is 7.11. The van der Waals surface area contributed by atoms with E-state index < -0.39 is 23.1 Å². The normalized spacial score (nSPS) is 17.3. The maximum atomic E-state index is 12.4. The van der Waals surface area contributed by atoms with Gasteiger partial charge in [0.25, 0.3) is 0 Å². The molecule has 0 radical (unpaired) electrons. The van der Waals surface area contributed by atoms with Gasteiger partial charge in [-0.1, -0.05) is 24.3 Å². The molecule has 8 heteroatoms. The van der Waals surface area contributed by atoms with Crippen LogP contribution in [-0.2, 0) is 11.3 Å². The van der Waals surface area contributed by atoms with E-state index in [9.17, 15) is 9.59 Å². The van der Waals surface area contributed by atoms with Gasteiger partial charge in [0.15, 0.2) is 0 Å². The molecule has 0 saturated carbocycles. The molecule has 0 bridgehead atoms. The first-order valence-corrected chi connectivity index (χ1v) is 8.21. The number of rotatable bonds is 3. The highest BCUT2D eigenvalue weighted by Crippen LogP contribution is 2.22. The molecule has 25 heavy (non-hydrogen) atoms. The van der Waals surface area contributed by atoms with Crippen molar-refractivity contribution >= 4 is 28.8 Å². The Balaban J connectivity index is 2.30. The van der Waals surface area contributed by atoms with Gasteiger partial charge in [-0.15, -0.1) is 0 Å². The molecule has 1 aromatic carbocycles.